The number of fused-ring (bicyclic) bond motifs is 6. The minimum absolute atomic E-state index is 0.00106. The van der Waals surface area contributed by atoms with Crippen molar-refractivity contribution in [3.8, 4) is 22.9 Å². The van der Waals surface area contributed by atoms with Crippen molar-refractivity contribution in [3.05, 3.63) is 121 Å². The number of aromatic hydroxyl groups is 1. The number of aliphatic hydroxyl groups is 1. The highest BCUT2D eigenvalue weighted by molar-refractivity contribution is 6.24. The van der Waals surface area contributed by atoms with Crippen molar-refractivity contribution in [1.29, 1.82) is 10.9 Å². The molecule has 0 bridgehead atoms. The number of phenolic OH excluding ortho intramolecular Hbond substituents is 1. The highest BCUT2D eigenvalue weighted by atomic mass is 16.6. The Labute approximate surface area is 728 Å². The first-order valence-electron chi connectivity index (χ1n) is 41.5. The van der Waals surface area contributed by atoms with Crippen molar-refractivity contribution in [2.24, 2.45) is 15.8 Å². The molecular weight excluding hydrogens is 1660 g/mol. The summed E-state index contributed by atoms with van der Waals surface area (Å²) in [5, 5.41) is 63.0. The maximum atomic E-state index is 14.1. The van der Waals surface area contributed by atoms with Gasteiger partial charge in [0.1, 0.15) is 73.5 Å². The average Bonchev–Trinajstić information content (AvgIpc) is 1.57. The van der Waals surface area contributed by atoms with Crippen molar-refractivity contribution in [3.63, 3.8) is 0 Å². The maximum absolute atomic E-state index is 14.1. The smallest absolute Gasteiger partial charge is 0.415 e. The number of hydrogen-bond acceptors (Lipinski definition) is 29. The molecule has 9 amide bonds. The molecule has 6 unspecified atom stereocenters. The van der Waals surface area contributed by atoms with Gasteiger partial charge in [0.15, 0.2) is 23.7 Å². The van der Waals surface area contributed by atoms with Gasteiger partial charge in [0, 0.05) is 106 Å². The number of nitrogens with zero attached hydrogens (tertiary/aromatic N) is 7. The third-order valence-corrected chi connectivity index (χ3v) is 21.7. The summed E-state index contributed by atoms with van der Waals surface area (Å²) in [7, 11) is 4.14. The van der Waals surface area contributed by atoms with Gasteiger partial charge in [-0.1, -0.05) is 26.0 Å². The Kier molecular flexibility index (Phi) is 35.5. The molecule has 2 aromatic carbocycles. The molecule has 6 atom stereocenters. The molecule has 0 spiro atoms. The molecule has 684 valence electrons. The summed E-state index contributed by atoms with van der Waals surface area (Å²) in [6.07, 6.45) is 1.25. The number of Topliss-reactive ketones (excluding diaryl/α,β-unsaturated/α-hetero) is 2. The number of methoxy groups -OCH3 is 1. The van der Waals surface area contributed by atoms with Crippen LogP contribution in [0.25, 0.3) is 22.3 Å². The Morgan fingerprint density at radius 3 is 2.14 bits per heavy atom. The van der Waals surface area contributed by atoms with Gasteiger partial charge in [-0.15, -0.1) is 0 Å². The number of carboxylic acids is 1. The fourth-order valence-electron chi connectivity index (χ4n) is 14.6. The minimum atomic E-state index is -1.98. The molecule has 127 heavy (non-hydrogen) atoms. The molecule has 0 saturated carbocycles. The zero-order chi connectivity index (χ0) is 92.2. The highest BCUT2D eigenvalue weighted by Crippen LogP contribution is 2.41. The first-order valence-corrected chi connectivity index (χ1v) is 41.5. The molecule has 3 aromatic heterocycles. The van der Waals surface area contributed by atoms with Gasteiger partial charge < -0.3 is 116 Å². The molecule has 6 heterocycles. The van der Waals surface area contributed by atoms with Gasteiger partial charge in [-0.25, -0.2) is 24.9 Å². The number of nitrogens with two attached hydrogens (primary N) is 1. The van der Waals surface area contributed by atoms with E-state index in [1.165, 1.54) is 66.2 Å². The summed E-state index contributed by atoms with van der Waals surface area (Å²) < 4.78 is 41.4. The number of carbonyl (C=O) groups excluding carboxylic acids is 13. The van der Waals surface area contributed by atoms with Crippen LogP contribution in [0, 0.1) is 17.9 Å². The third kappa shape index (κ3) is 26.3. The number of esters is 1. The van der Waals surface area contributed by atoms with Crippen LogP contribution in [-0.4, -0.2) is 265 Å². The van der Waals surface area contributed by atoms with Gasteiger partial charge in [-0.05, 0) is 112 Å². The molecule has 3 aliphatic heterocycles. The number of aliphatic imine (C=N–C) groups is 1. The van der Waals surface area contributed by atoms with Gasteiger partial charge >= 0.3 is 24.1 Å². The fraction of sp³-hybridized carbons (Fsp3) is 0.500. The van der Waals surface area contributed by atoms with E-state index in [1.54, 1.807) is 42.7 Å². The molecule has 43 heteroatoms. The molecule has 0 radical (unpaired) electrons. The number of carbonyl (C=O) groups is 14. The van der Waals surface area contributed by atoms with Crippen LogP contribution in [0.4, 0.5) is 9.59 Å². The standard InChI is InChI=1S/C84H108N18O25/c1-7-53-54-36-52(23-24-59(54)94-72-55(53)42-102-64(72)37-58-57(79(102)116)45-125-80(117)84(58,120)8-2)127-83(119)100(5)29-28-99(4)82(118)126-44-56-47(3)101(73-65(105)39-66(121-6)74(111)71(56)73)43-69(108)90-27-30-122-31-32-123-33-34-124-46-88-40-49(98-87)19-22-50(103)13-11-16-67(106)89-25-10-9-14-61-76(113)95-60(15-12-26-91-81(85)86)75(112)92-41-68(107)93-63(38-70(109)110)78(115)97-62(77(114)96-61)35-48-17-20-51(104)21-18-48/h17-18,20-21,23-24,36-37,39,46,49,60-63,87,104,120H,7-16,19,22,25-35,38,40-45H2,1-6H3,(H,89,106)(H,90,108)(H,92,112)(H,93,107)(H,95,113)(H,96,114)(H,97,115)(H,109,110)(H4,85,86,91). The number of likely N-dealkylation sites (N-methyl/N-ethyl adjacent to an activating group) is 2. The first kappa shape index (κ1) is 97.2. The average molecular weight is 1770 g/mol. The Morgan fingerprint density at radius 2 is 1.44 bits per heavy atom. The number of aromatic nitrogens is 3. The van der Waals surface area contributed by atoms with E-state index in [-0.39, 0.29) is 219 Å². The van der Waals surface area contributed by atoms with Crippen molar-refractivity contribution >= 4 is 106 Å². The molecular formula is C84H108N18O25. The quantitative estimate of drug-likeness (QED) is 0.00847. The monoisotopic (exact) mass is 1770 g/mol. The van der Waals surface area contributed by atoms with Crippen LogP contribution in [0.1, 0.15) is 151 Å². The van der Waals surface area contributed by atoms with Gasteiger partial charge in [0.2, 0.25) is 52.9 Å². The van der Waals surface area contributed by atoms with Gasteiger partial charge in [0.25, 0.3) is 5.56 Å². The first-order chi connectivity index (χ1) is 60.8. The molecule has 1 fully saturated rings. The molecule has 1 saturated heterocycles. The van der Waals surface area contributed by atoms with E-state index in [0.29, 0.717) is 46.4 Å². The Balaban J connectivity index is 0.636. The van der Waals surface area contributed by atoms with Crippen LogP contribution in [0.5, 0.6) is 11.5 Å². The van der Waals surface area contributed by atoms with Crippen LogP contribution >= 0.6 is 0 Å². The number of guanidine groups is 1. The summed E-state index contributed by atoms with van der Waals surface area (Å²) in [4.78, 5) is 211. The van der Waals surface area contributed by atoms with E-state index in [0.717, 1.165) is 17.2 Å². The number of nitrogens with one attached hydrogen (secondary N) is 10. The molecule has 5 aromatic rings. The highest BCUT2D eigenvalue weighted by Gasteiger charge is 2.46. The van der Waals surface area contributed by atoms with Crippen molar-refractivity contribution in [2.75, 3.05) is 100 Å². The largest absolute Gasteiger partial charge is 0.508 e. The lowest BCUT2D eigenvalue weighted by atomic mass is 9.86. The predicted octanol–water partition coefficient (Wildman–Crippen LogP) is 1.52. The van der Waals surface area contributed by atoms with E-state index < -0.39 is 139 Å². The van der Waals surface area contributed by atoms with E-state index in [9.17, 15) is 87.2 Å². The lowest BCUT2D eigenvalue weighted by Crippen LogP contribution is -2.58. The Hall–Kier alpha value is -13.6. The number of amides is 9. The minimum Gasteiger partial charge on any atom is -0.508 e. The number of ketones is 3. The van der Waals surface area contributed by atoms with Crippen molar-refractivity contribution in [1.82, 2.24) is 66.5 Å². The summed E-state index contributed by atoms with van der Waals surface area (Å²) in [6, 6.07) is 5.81. The number of ether oxygens (including phenoxy) is 7. The topological polar surface area (TPSA) is 605 Å². The predicted molar refractivity (Wildman–Crippen MR) is 450 cm³/mol. The van der Waals surface area contributed by atoms with Crippen LogP contribution in [0.15, 0.2) is 75.3 Å². The normalized spacial score (nSPS) is 17.7. The zero-order valence-corrected chi connectivity index (χ0v) is 71.4. The van der Waals surface area contributed by atoms with Crippen molar-refractivity contribution in [2.45, 2.75) is 173 Å². The number of rotatable bonds is 44. The second kappa shape index (κ2) is 46.4. The number of hydrogen-bond donors (Lipinski definition) is 14. The van der Waals surface area contributed by atoms with E-state index in [4.69, 9.17) is 54.8 Å². The number of aliphatic carboxylic acids is 1. The number of aryl methyl sites for hydroxylation is 1. The van der Waals surface area contributed by atoms with Crippen LogP contribution < -0.4 is 58.6 Å². The SMILES string of the molecule is CCc1c2c(nc3ccc(OC(=O)N(C)CCN(C)C(=O)OCc4c5c(n(CC(=O)NCCOCCOCCOC=NCC(CCC(=O)CCCC(=O)NCCCCC6NC(=O)C(Cc7ccc(O)cc7)NC(=O)C(CC(=O)O)NC(=O)CNC(=O)C(CCCNC(=N)N)NC6=O)N=N)c4C)C(=O)C=C(OC)C5=O)cc13)-c1cc3c(c(=O)n1C2)COC(=O)C3(O)CC. The molecule has 15 N–H and O–H groups in total. The van der Waals surface area contributed by atoms with Crippen LogP contribution in [0.3, 0.4) is 0 Å². The second-order valence-electron chi connectivity index (χ2n) is 30.5. The Bertz CT molecular complexity index is 5100. The number of cyclic esters (lactones) is 1. The van der Waals surface area contributed by atoms with E-state index >= 15 is 0 Å². The van der Waals surface area contributed by atoms with E-state index in [2.05, 4.69) is 52.6 Å². The van der Waals surface area contributed by atoms with Gasteiger partial charge in [-0.2, -0.15) is 5.11 Å². The fourth-order valence-corrected chi connectivity index (χ4v) is 14.6. The Morgan fingerprint density at radius 1 is 0.772 bits per heavy atom. The number of carboxylic acid groups (broad SMARTS) is 1. The number of benzene rings is 2. The number of unbranched alkanes of at least 4 members (excludes halogenated alkanes) is 1. The van der Waals surface area contributed by atoms with Gasteiger partial charge in [0.05, 0.1) is 93.7 Å². The number of allylic oxidation sites excluding steroid dienone is 2. The van der Waals surface area contributed by atoms with Gasteiger partial charge in [-0.3, -0.25) is 67.9 Å². The van der Waals surface area contributed by atoms with Crippen LogP contribution in [-0.2, 0) is 121 Å². The lowest BCUT2D eigenvalue weighted by molar-refractivity contribution is -0.172. The molecule has 1 aliphatic carbocycles. The molecule has 9 rings (SSSR count). The summed E-state index contributed by atoms with van der Waals surface area (Å²) in [5.41, 5.74) is 14.9. The summed E-state index contributed by atoms with van der Waals surface area (Å²) in [6.45, 7) is 4.46. The number of pyridine rings is 2. The van der Waals surface area contributed by atoms with Crippen molar-refractivity contribution < 1.29 is 116 Å². The summed E-state index contributed by atoms with van der Waals surface area (Å²) >= 11 is 0. The zero-order valence-electron chi connectivity index (χ0n) is 71.4. The maximum Gasteiger partial charge on any atom is 0.415 e. The van der Waals surface area contributed by atoms with E-state index in [1.807, 2.05) is 6.92 Å². The number of phenols is 1. The summed E-state index contributed by atoms with van der Waals surface area (Å²) in [5.74, 6) is -9.63. The lowest BCUT2D eigenvalue weighted by Gasteiger charge is -2.31. The molecule has 43 nitrogen and oxygen atoms in total. The van der Waals surface area contributed by atoms with Crippen LogP contribution in [0.2, 0.25) is 0 Å². The molecule has 4 aliphatic rings. The second-order valence-corrected chi connectivity index (χ2v) is 30.5. The third-order valence-electron chi connectivity index (χ3n) is 21.7.